The SMILES string of the molecule is OC(c1cccc(C2CCC2)c1)c1sccc1Br. The van der Waals surface area contributed by atoms with Crippen molar-refractivity contribution in [3.63, 3.8) is 0 Å². The van der Waals surface area contributed by atoms with E-state index in [1.165, 1.54) is 24.8 Å². The van der Waals surface area contributed by atoms with Crippen molar-refractivity contribution < 1.29 is 5.11 Å². The van der Waals surface area contributed by atoms with Crippen LogP contribution >= 0.6 is 27.3 Å². The van der Waals surface area contributed by atoms with Crippen molar-refractivity contribution in [3.05, 3.63) is 56.2 Å². The van der Waals surface area contributed by atoms with Gasteiger partial charge in [-0.1, -0.05) is 30.7 Å². The fourth-order valence-corrected chi connectivity index (χ4v) is 3.98. The highest BCUT2D eigenvalue weighted by Crippen LogP contribution is 2.38. The van der Waals surface area contributed by atoms with Crippen LogP contribution in [0.25, 0.3) is 0 Å². The van der Waals surface area contributed by atoms with Crippen LogP contribution in [0.15, 0.2) is 40.2 Å². The second kappa shape index (κ2) is 5.16. The van der Waals surface area contributed by atoms with Gasteiger partial charge in [0.2, 0.25) is 0 Å². The smallest absolute Gasteiger partial charge is 0.114 e. The molecule has 1 heterocycles. The zero-order valence-corrected chi connectivity index (χ0v) is 12.4. The van der Waals surface area contributed by atoms with Gasteiger partial charge in [-0.3, -0.25) is 0 Å². The van der Waals surface area contributed by atoms with Gasteiger partial charge in [0.15, 0.2) is 0 Å². The van der Waals surface area contributed by atoms with E-state index in [9.17, 15) is 5.11 Å². The summed E-state index contributed by atoms with van der Waals surface area (Å²) in [7, 11) is 0. The summed E-state index contributed by atoms with van der Waals surface area (Å²) in [6.07, 6.45) is 3.41. The molecule has 1 aliphatic carbocycles. The third-order valence-electron chi connectivity index (χ3n) is 3.70. The number of benzene rings is 1. The summed E-state index contributed by atoms with van der Waals surface area (Å²) >= 11 is 5.08. The number of hydrogen-bond acceptors (Lipinski definition) is 2. The highest BCUT2D eigenvalue weighted by atomic mass is 79.9. The number of aliphatic hydroxyl groups excluding tert-OH is 1. The monoisotopic (exact) mass is 322 g/mol. The molecule has 0 amide bonds. The molecule has 1 fully saturated rings. The van der Waals surface area contributed by atoms with E-state index in [-0.39, 0.29) is 0 Å². The molecule has 0 saturated heterocycles. The Morgan fingerprint density at radius 2 is 2.11 bits per heavy atom. The molecule has 0 aliphatic heterocycles. The molecule has 1 aromatic heterocycles. The maximum atomic E-state index is 10.4. The van der Waals surface area contributed by atoms with Crippen molar-refractivity contribution in [3.8, 4) is 0 Å². The Kier molecular flexibility index (Phi) is 3.55. The first-order chi connectivity index (χ1) is 8.75. The van der Waals surface area contributed by atoms with E-state index >= 15 is 0 Å². The average molecular weight is 323 g/mol. The maximum Gasteiger partial charge on any atom is 0.114 e. The molecule has 2 aromatic rings. The number of rotatable bonds is 3. The molecule has 1 unspecified atom stereocenters. The van der Waals surface area contributed by atoms with E-state index in [0.29, 0.717) is 5.92 Å². The summed E-state index contributed by atoms with van der Waals surface area (Å²) in [5.74, 6) is 0.712. The van der Waals surface area contributed by atoms with Crippen LogP contribution in [0.3, 0.4) is 0 Å². The van der Waals surface area contributed by atoms with Crippen molar-refractivity contribution in [1.82, 2.24) is 0 Å². The lowest BCUT2D eigenvalue weighted by atomic mass is 9.79. The zero-order chi connectivity index (χ0) is 12.5. The Balaban J connectivity index is 1.89. The first-order valence-electron chi connectivity index (χ1n) is 6.26. The van der Waals surface area contributed by atoms with E-state index in [4.69, 9.17) is 0 Å². The molecule has 1 atom stereocenters. The van der Waals surface area contributed by atoms with Crippen LogP contribution in [-0.2, 0) is 0 Å². The van der Waals surface area contributed by atoms with E-state index in [0.717, 1.165) is 14.9 Å². The number of aliphatic hydroxyl groups is 1. The molecular formula is C15H15BrOS. The predicted octanol–water partition coefficient (Wildman–Crippen LogP) is 4.86. The van der Waals surface area contributed by atoms with E-state index in [1.54, 1.807) is 11.3 Å². The Hall–Kier alpha value is -0.640. The summed E-state index contributed by atoms with van der Waals surface area (Å²) in [6.45, 7) is 0. The summed E-state index contributed by atoms with van der Waals surface area (Å²) in [5.41, 5.74) is 2.38. The molecule has 0 spiro atoms. The van der Waals surface area contributed by atoms with Crippen LogP contribution in [-0.4, -0.2) is 5.11 Å². The molecule has 1 N–H and O–H groups in total. The van der Waals surface area contributed by atoms with Crippen molar-refractivity contribution in [1.29, 1.82) is 0 Å². The number of halogens is 1. The Labute approximate surface area is 120 Å². The van der Waals surface area contributed by atoms with Crippen molar-refractivity contribution >= 4 is 27.3 Å². The average Bonchev–Trinajstić information content (AvgIpc) is 2.73. The summed E-state index contributed by atoms with van der Waals surface area (Å²) in [4.78, 5) is 0.987. The van der Waals surface area contributed by atoms with Crippen LogP contribution in [0, 0.1) is 0 Å². The summed E-state index contributed by atoms with van der Waals surface area (Å²) in [5, 5.41) is 12.4. The second-order valence-electron chi connectivity index (χ2n) is 4.83. The zero-order valence-electron chi connectivity index (χ0n) is 9.97. The van der Waals surface area contributed by atoms with E-state index in [2.05, 4.69) is 34.1 Å². The van der Waals surface area contributed by atoms with Crippen LogP contribution in [0.4, 0.5) is 0 Å². The standard InChI is InChI=1S/C15H15BrOS/c16-13-7-8-18-15(13)14(17)12-6-2-5-11(9-12)10-3-1-4-10/h2,5-10,14,17H,1,3-4H2. The fourth-order valence-electron chi connectivity index (χ4n) is 2.38. The summed E-state index contributed by atoms with van der Waals surface area (Å²) < 4.78 is 0.994. The maximum absolute atomic E-state index is 10.4. The normalized spacial score (nSPS) is 17.4. The molecule has 1 saturated carbocycles. The molecule has 18 heavy (non-hydrogen) atoms. The molecule has 94 valence electrons. The molecular weight excluding hydrogens is 308 g/mol. The van der Waals surface area contributed by atoms with Gasteiger partial charge in [-0.05, 0) is 57.3 Å². The Morgan fingerprint density at radius 3 is 2.72 bits per heavy atom. The van der Waals surface area contributed by atoms with Crippen molar-refractivity contribution in [2.24, 2.45) is 0 Å². The minimum atomic E-state index is -0.514. The minimum Gasteiger partial charge on any atom is -0.383 e. The van der Waals surface area contributed by atoms with Gasteiger partial charge in [0.05, 0.1) is 4.88 Å². The van der Waals surface area contributed by atoms with Crippen molar-refractivity contribution in [2.45, 2.75) is 31.3 Å². The minimum absolute atomic E-state index is 0.514. The second-order valence-corrected chi connectivity index (χ2v) is 6.64. The molecule has 1 aliphatic rings. The molecule has 0 bridgehead atoms. The van der Waals surface area contributed by atoms with Crippen molar-refractivity contribution in [2.75, 3.05) is 0 Å². The molecule has 0 radical (unpaired) electrons. The summed E-state index contributed by atoms with van der Waals surface area (Å²) in [6, 6.07) is 10.4. The van der Waals surface area contributed by atoms with Gasteiger partial charge in [-0.25, -0.2) is 0 Å². The fraction of sp³-hybridized carbons (Fsp3) is 0.333. The van der Waals surface area contributed by atoms with Gasteiger partial charge >= 0.3 is 0 Å². The largest absolute Gasteiger partial charge is 0.383 e. The predicted molar refractivity (Wildman–Crippen MR) is 79.1 cm³/mol. The first kappa shape index (κ1) is 12.4. The third-order valence-corrected chi connectivity index (χ3v) is 5.62. The topological polar surface area (TPSA) is 20.2 Å². The molecule has 3 rings (SSSR count). The lowest BCUT2D eigenvalue weighted by Crippen LogP contribution is -2.09. The molecule has 3 heteroatoms. The van der Waals surface area contributed by atoms with Gasteiger partial charge in [0.25, 0.3) is 0 Å². The quantitative estimate of drug-likeness (QED) is 0.855. The van der Waals surface area contributed by atoms with Gasteiger partial charge < -0.3 is 5.11 Å². The Morgan fingerprint density at radius 1 is 1.28 bits per heavy atom. The van der Waals surface area contributed by atoms with E-state index < -0.39 is 6.10 Å². The third kappa shape index (κ3) is 2.27. The van der Waals surface area contributed by atoms with Crippen LogP contribution in [0.1, 0.15) is 47.3 Å². The van der Waals surface area contributed by atoms with Gasteiger partial charge in [0, 0.05) is 4.47 Å². The van der Waals surface area contributed by atoms with Gasteiger partial charge in [-0.2, -0.15) is 0 Å². The van der Waals surface area contributed by atoms with Crippen LogP contribution in [0.5, 0.6) is 0 Å². The molecule has 1 aromatic carbocycles. The highest BCUT2D eigenvalue weighted by Gasteiger charge is 2.21. The van der Waals surface area contributed by atoms with Gasteiger partial charge in [-0.15, -0.1) is 11.3 Å². The lowest BCUT2D eigenvalue weighted by molar-refractivity contribution is 0.223. The Bertz CT molecular complexity index is 545. The van der Waals surface area contributed by atoms with Gasteiger partial charge in [0.1, 0.15) is 6.10 Å². The first-order valence-corrected chi connectivity index (χ1v) is 7.94. The van der Waals surface area contributed by atoms with Crippen LogP contribution in [0.2, 0.25) is 0 Å². The lowest BCUT2D eigenvalue weighted by Gasteiger charge is -2.26. The number of hydrogen-bond donors (Lipinski definition) is 1. The number of thiophene rings is 1. The van der Waals surface area contributed by atoms with E-state index in [1.807, 2.05) is 17.5 Å². The molecule has 1 nitrogen and oxygen atoms in total. The van der Waals surface area contributed by atoms with Crippen LogP contribution < -0.4 is 0 Å². The highest BCUT2D eigenvalue weighted by molar-refractivity contribution is 9.10.